The van der Waals surface area contributed by atoms with Gasteiger partial charge in [-0.05, 0) is 31.3 Å². The Morgan fingerprint density at radius 3 is 2.58 bits per heavy atom. The van der Waals surface area contributed by atoms with E-state index in [9.17, 15) is 13.2 Å². The molecule has 0 aliphatic heterocycles. The highest BCUT2D eigenvalue weighted by atomic mass is 79.9. The Bertz CT molecular complexity index is 407. The van der Waals surface area contributed by atoms with Crippen molar-refractivity contribution in [3.05, 3.63) is 33.8 Å². The van der Waals surface area contributed by atoms with Crippen LogP contribution in [-0.4, -0.2) is 31.6 Å². The molecule has 0 heterocycles. The molecular weight excluding hydrogens is 321 g/mol. The first-order chi connectivity index (χ1) is 8.84. The molecule has 0 bridgehead atoms. The maximum absolute atomic E-state index is 12.9. The van der Waals surface area contributed by atoms with Crippen LogP contribution in [0.3, 0.4) is 0 Å². The predicted molar refractivity (Wildman–Crippen MR) is 74.0 cm³/mol. The zero-order valence-corrected chi connectivity index (χ0v) is 12.6. The van der Waals surface area contributed by atoms with E-state index < -0.39 is 11.7 Å². The Morgan fingerprint density at radius 1 is 1.32 bits per heavy atom. The number of likely N-dealkylation sites (N-methyl/N-ethyl adjacent to an activating group) is 1. The van der Waals surface area contributed by atoms with Crippen LogP contribution in [0.2, 0.25) is 0 Å². The molecule has 0 aliphatic carbocycles. The van der Waals surface area contributed by atoms with E-state index in [1.165, 1.54) is 6.07 Å². The molecule has 0 radical (unpaired) electrons. The summed E-state index contributed by atoms with van der Waals surface area (Å²) < 4.78 is 39.0. The second kappa shape index (κ2) is 7.26. The number of hydrogen-bond acceptors (Lipinski definition) is 2. The summed E-state index contributed by atoms with van der Waals surface area (Å²) in [6.45, 7) is 4.66. The average Bonchev–Trinajstić information content (AvgIpc) is 2.34. The fourth-order valence-electron chi connectivity index (χ4n) is 1.62. The summed E-state index contributed by atoms with van der Waals surface area (Å²) in [5.74, 6) is 0. The van der Waals surface area contributed by atoms with Crippen LogP contribution < -0.4 is 5.32 Å². The number of nitrogens with one attached hydrogen (secondary N) is 1. The van der Waals surface area contributed by atoms with Gasteiger partial charge < -0.3 is 10.2 Å². The Kier molecular flexibility index (Phi) is 6.29. The molecule has 1 aromatic rings. The first kappa shape index (κ1) is 16.5. The van der Waals surface area contributed by atoms with Crippen LogP contribution in [0.5, 0.6) is 0 Å². The smallest absolute Gasteiger partial charge is 0.311 e. The van der Waals surface area contributed by atoms with E-state index in [2.05, 4.69) is 26.1 Å². The number of nitrogens with zero attached hydrogens (tertiary/aromatic N) is 1. The molecule has 0 aliphatic rings. The van der Waals surface area contributed by atoms with E-state index in [0.29, 0.717) is 11.0 Å². The summed E-state index contributed by atoms with van der Waals surface area (Å²) >= 11 is 3.07. The van der Waals surface area contributed by atoms with E-state index in [-0.39, 0.29) is 12.1 Å². The van der Waals surface area contributed by atoms with Gasteiger partial charge in [-0.25, -0.2) is 0 Å². The summed E-state index contributed by atoms with van der Waals surface area (Å²) in [4.78, 5) is 2.10. The van der Waals surface area contributed by atoms with Gasteiger partial charge in [0.25, 0.3) is 0 Å². The van der Waals surface area contributed by atoms with Gasteiger partial charge in [0.05, 0.1) is 5.56 Å². The fourth-order valence-corrected chi connectivity index (χ4v) is 1.98. The van der Waals surface area contributed by atoms with Gasteiger partial charge in [-0.2, -0.15) is 13.2 Å². The van der Waals surface area contributed by atoms with Crippen LogP contribution in [0.4, 0.5) is 13.2 Å². The molecule has 0 spiro atoms. The van der Waals surface area contributed by atoms with E-state index in [1.807, 2.05) is 14.0 Å². The highest BCUT2D eigenvalue weighted by Gasteiger charge is 2.33. The Hall–Kier alpha value is -0.590. The van der Waals surface area contributed by atoms with Crippen LogP contribution >= 0.6 is 15.9 Å². The monoisotopic (exact) mass is 338 g/mol. The quantitative estimate of drug-likeness (QED) is 0.798. The summed E-state index contributed by atoms with van der Waals surface area (Å²) in [5.41, 5.74) is -0.312. The molecule has 0 atom stereocenters. The minimum absolute atomic E-state index is 0.222. The van der Waals surface area contributed by atoms with Crippen molar-refractivity contribution in [1.29, 1.82) is 0 Å². The molecule has 1 aromatic carbocycles. The molecule has 1 N–H and O–H groups in total. The van der Waals surface area contributed by atoms with Crippen molar-refractivity contribution < 1.29 is 13.2 Å². The number of halogens is 4. The van der Waals surface area contributed by atoms with E-state index in [1.54, 1.807) is 6.07 Å². The molecule has 2 nitrogen and oxygen atoms in total. The van der Waals surface area contributed by atoms with Gasteiger partial charge in [-0.3, -0.25) is 0 Å². The van der Waals surface area contributed by atoms with E-state index in [0.717, 1.165) is 19.2 Å². The van der Waals surface area contributed by atoms with Crippen molar-refractivity contribution in [3.63, 3.8) is 0 Å². The van der Waals surface area contributed by atoms with Crippen molar-refractivity contribution in [1.82, 2.24) is 10.2 Å². The zero-order valence-electron chi connectivity index (χ0n) is 11.0. The molecule has 6 heteroatoms. The van der Waals surface area contributed by atoms with Crippen molar-refractivity contribution in [2.75, 3.05) is 26.7 Å². The van der Waals surface area contributed by atoms with E-state index in [4.69, 9.17) is 0 Å². The molecule has 0 fully saturated rings. The first-order valence-electron chi connectivity index (χ1n) is 6.09. The fraction of sp³-hybridized carbons (Fsp3) is 0.538. The molecule has 19 heavy (non-hydrogen) atoms. The zero-order chi connectivity index (χ0) is 14.5. The molecule has 0 unspecified atom stereocenters. The predicted octanol–water partition coefficient (Wildman–Crippen LogP) is 3.51. The second-order valence-electron chi connectivity index (χ2n) is 4.37. The van der Waals surface area contributed by atoms with Gasteiger partial charge in [-0.15, -0.1) is 0 Å². The average molecular weight is 339 g/mol. The van der Waals surface area contributed by atoms with E-state index >= 15 is 0 Å². The molecule has 0 saturated carbocycles. The highest BCUT2D eigenvalue weighted by Crippen LogP contribution is 2.33. The number of rotatable bonds is 6. The van der Waals surface area contributed by atoms with Crippen LogP contribution in [0.1, 0.15) is 18.1 Å². The highest BCUT2D eigenvalue weighted by molar-refractivity contribution is 9.10. The molecule has 108 valence electrons. The lowest BCUT2D eigenvalue weighted by Crippen LogP contribution is -2.29. The normalized spacial score (nSPS) is 12.2. The standard InChI is InChI=1S/C13H18BrF3N2/c1-3-19(2)7-6-18-9-10-4-5-11(14)8-12(10)13(15,16)17/h4-5,8,18H,3,6-7,9H2,1-2H3. The van der Waals surface area contributed by atoms with Gasteiger partial charge in [0.2, 0.25) is 0 Å². The van der Waals surface area contributed by atoms with Crippen LogP contribution in [0, 0.1) is 0 Å². The Morgan fingerprint density at radius 2 is 2.00 bits per heavy atom. The number of alkyl halides is 3. The third-order valence-corrected chi connectivity index (χ3v) is 3.40. The van der Waals surface area contributed by atoms with Crippen molar-refractivity contribution in [2.24, 2.45) is 0 Å². The molecule has 0 aromatic heterocycles. The summed E-state index contributed by atoms with van der Waals surface area (Å²) in [5, 5.41) is 3.04. The van der Waals surface area contributed by atoms with Gasteiger partial charge >= 0.3 is 6.18 Å². The maximum atomic E-state index is 12.9. The second-order valence-corrected chi connectivity index (χ2v) is 5.29. The lowest BCUT2D eigenvalue weighted by Gasteiger charge is -2.16. The van der Waals surface area contributed by atoms with Gasteiger partial charge in [0.15, 0.2) is 0 Å². The summed E-state index contributed by atoms with van der Waals surface area (Å²) in [6.07, 6.45) is -4.32. The lowest BCUT2D eigenvalue weighted by atomic mass is 10.1. The van der Waals surface area contributed by atoms with Crippen LogP contribution in [-0.2, 0) is 12.7 Å². The molecule has 0 saturated heterocycles. The van der Waals surface area contributed by atoms with Gasteiger partial charge in [0.1, 0.15) is 0 Å². The first-order valence-corrected chi connectivity index (χ1v) is 6.88. The van der Waals surface area contributed by atoms with Crippen molar-refractivity contribution in [3.8, 4) is 0 Å². The van der Waals surface area contributed by atoms with Crippen LogP contribution in [0.25, 0.3) is 0 Å². The maximum Gasteiger partial charge on any atom is 0.416 e. The summed E-state index contributed by atoms with van der Waals surface area (Å²) in [7, 11) is 1.97. The minimum atomic E-state index is -4.32. The molecule has 0 amide bonds. The SMILES string of the molecule is CCN(C)CCNCc1ccc(Br)cc1C(F)(F)F. The molecular formula is C13H18BrF3N2. The third-order valence-electron chi connectivity index (χ3n) is 2.90. The van der Waals surface area contributed by atoms with Gasteiger partial charge in [0, 0.05) is 24.1 Å². The van der Waals surface area contributed by atoms with Crippen molar-refractivity contribution in [2.45, 2.75) is 19.6 Å². The third kappa shape index (κ3) is 5.50. The topological polar surface area (TPSA) is 15.3 Å². The lowest BCUT2D eigenvalue weighted by molar-refractivity contribution is -0.138. The Balaban J connectivity index is 2.63. The van der Waals surface area contributed by atoms with Crippen molar-refractivity contribution >= 4 is 15.9 Å². The number of benzene rings is 1. The molecule has 1 rings (SSSR count). The van der Waals surface area contributed by atoms with Crippen LogP contribution in [0.15, 0.2) is 22.7 Å². The summed E-state index contributed by atoms with van der Waals surface area (Å²) in [6, 6.07) is 4.25. The Labute approximate surface area is 120 Å². The number of hydrogen-bond donors (Lipinski definition) is 1. The minimum Gasteiger partial charge on any atom is -0.311 e. The largest absolute Gasteiger partial charge is 0.416 e. The van der Waals surface area contributed by atoms with Gasteiger partial charge in [-0.1, -0.05) is 28.9 Å².